The van der Waals surface area contributed by atoms with Gasteiger partial charge in [-0.05, 0) is 24.6 Å². The number of benzene rings is 1. The van der Waals surface area contributed by atoms with Gasteiger partial charge < -0.3 is 20.5 Å². The summed E-state index contributed by atoms with van der Waals surface area (Å²) >= 11 is 0. The van der Waals surface area contributed by atoms with Crippen LogP contribution in [0.2, 0.25) is 0 Å². The number of rotatable bonds is 3. The van der Waals surface area contributed by atoms with Crippen molar-refractivity contribution in [2.24, 2.45) is 0 Å². The van der Waals surface area contributed by atoms with E-state index in [2.05, 4.69) is 10.3 Å². The lowest BCUT2D eigenvalue weighted by Gasteiger charge is -2.02. The molecule has 17 heavy (non-hydrogen) atoms. The summed E-state index contributed by atoms with van der Waals surface area (Å²) in [5.41, 5.74) is 1.46. The average molecular weight is 234 g/mol. The van der Waals surface area contributed by atoms with Gasteiger partial charge in [0.1, 0.15) is 5.75 Å². The number of phenolic OH excluding ortho intramolecular Hbond substituents is 1. The first-order chi connectivity index (χ1) is 8.08. The highest BCUT2D eigenvalue weighted by molar-refractivity contribution is 5.87. The Labute approximate surface area is 98.1 Å². The van der Waals surface area contributed by atoms with Gasteiger partial charge in [0.05, 0.1) is 0 Å². The molecule has 90 valence electrons. The summed E-state index contributed by atoms with van der Waals surface area (Å²) in [6, 6.07) is 4.84. The topological polar surface area (TPSA) is 85.4 Å². The third-order valence-corrected chi connectivity index (χ3v) is 2.62. The van der Waals surface area contributed by atoms with Crippen LogP contribution in [0.25, 0.3) is 10.9 Å². The number of hydrogen-bond donors (Lipinski definition) is 4. The predicted octanol–water partition coefficient (Wildman–Crippen LogP) is 1.26. The van der Waals surface area contributed by atoms with Gasteiger partial charge in [-0.3, -0.25) is 4.79 Å². The molecule has 2 aromatic rings. The van der Waals surface area contributed by atoms with Crippen LogP contribution in [0, 0.1) is 0 Å². The highest BCUT2D eigenvalue weighted by Gasteiger charge is 2.11. The largest absolute Gasteiger partial charge is 0.508 e. The first-order valence-corrected chi connectivity index (χ1v) is 5.35. The van der Waals surface area contributed by atoms with Crippen LogP contribution in [0.3, 0.4) is 0 Å². The van der Waals surface area contributed by atoms with Gasteiger partial charge in [0, 0.05) is 29.9 Å². The molecule has 1 amide bonds. The van der Waals surface area contributed by atoms with Crippen molar-refractivity contribution < 1.29 is 15.0 Å². The van der Waals surface area contributed by atoms with Crippen LogP contribution in [0.15, 0.2) is 18.2 Å². The first-order valence-electron chi connectivity index (χ1n) is 5.35. The first kappa shape index (κ1) is 11.3. The van der Waals surface area contributed by atoms with Gasteiger partial charge in [-0.2, -0.15) is 0 Å². The van der Waals surface area contributed by atoms with E-state index in [1.54, 1.807) is 18.2 Å². The molecule has 0 unspecified atom stereocenters. The SMILES string of the molecule is CC(=O)NCCc1c(O)[nH]c2ccc(O)cc12. The lowest BCUT2D eigenvalue weighted by Crippen LogP contribution is -2.22. The summed E-state index contributed by atoms with van der Waals surface area (Å²) in [6.45, 7) is 1.90. The van der Waals surface area contributed by atoms with Crippen molar-refractivity contribution in [3.8, 4) is 11.6 Å². The standard InChI is InChI=1S/C12H14N2O3/c1-7(15)13-5-4-9-10-6-8(16)2-3-11(10)14-12(9)17/h2-3,6,14,16-17H,4-5H2,1H3,(H,13,15). The van der Waals surface area contributed by atoms with Gasteiger partial charge in [0.25, 0.3) is 0 Å². The van der Waals surface area contributed by atoms with E-state index in [-0.39, 0.29) is 17.5 Å². The lowest BCUT2D eigenvalue weighted by molar-refractivity contribution is -0.118. The zero-order chi connectivity index (χ0) is 12.4. The Morgan fingerprint density at radius 2 is 2.18 bits per heavy atom. The maximum Gasteiger partial charge on any atom is 0.216 e. The molecule has 5 nitrogen and oxygen atoms in total. The van der Waals surface area contributed by atoms with Crippen molar-refractivity contribution in [2.45, 2.75) is 13.3 Å². The number of carbonyl (C=O) groups excluding carboxylic acids is 1. The summed E-state index contributed by atoms with van der Waals surface area (Å²) in [5, 5.41) is 22.6. The van der Waals surface area contributed by atoms with Crippen LogP contribution in [-0.2, 0) is 11.2 Å². The average Bonchev–Trinajstić information content (AvgIpc) is 2.55. The predicted molar refractivity (Wildman–Crippen MR) is 64.0 cm³/mol. The number of hydrogen-bond acceptors (Lipinski definition) is 3. The molecule has 0 aliphatic rings. The molecule has 4 N–H and O–H groups in total. The normalized spacial score (nSPS) is 10.6. The van der Waals surface area contributed by atoms with Gasteiger partial charge >= 0.3 is 0 Å². The van der Waals surface area contributed by atoms with Gasteiger partial charge in [-0.25, -0.2) is 0 Å². The third-order valence-electron chi connectivity index (χ3n) is 2.62. The Hall–Kier alpha value is -2.17. The Bertz CT molecular complexity index is 560. The van der Waals surface area contributed by atoms with E-state index in [1.165, 1.54) is 6.92 Å². The Morgan fingerprint density at radius 3 is 2.88 bits per heavy atom. The molecule has 5 heteroatoms. The molecule has 1 heterocycles. The number of H-pyrrole nitrogens is 1. The maximum atomic E-state index is 10.8. The minimum atomic E-state index is -0.104. The fourth-order valence-electron chi connectivity index (χ4n) is 1.84. The molecule has 0 fully saturated rings. The maximum absolute atomic E-state index is 10.8. The van der Waals surface area contributed by atoms with Crippen LogP contribution >= 0.6 is 0 Å². The van der Waals surface area contributed by atoms with E-state index in [1.807, 2.05) is 0 Å². The zero-order valence-corrected chi connectivity index (χ0v) is 9.45. The van der Waals surface area contributed by atoms with Gasteiger partial charge in [-0.15, -0.1) is 0 Å². The minimum absolute atomic E-state index is 0.0796. The van der Waals surface area contributed by atoms with Crippen molar-refractivity contribution in [2.75, 3.05) is 6.54 Å². The fourth-order valence-corrected chi connectivity index (χ4v) is 1.84. The van der Waals surface area contributed by atoms with Crippen LogP contribution in [0.5, 0.6) is 11.6 Å². The summed E-state index contributed by atoms with van der Waals surface area (Å²) in [7, 11) is 0. The number of aromatic nitrogens is 1. The Morgan fingerprint density at radius 1 is 1.41 bits per heavy atom. The minimum Gasteiger partial charge on any atom is -0.508 e. The second-order valence-corrected chi connectivity index (χ2v) is 3.92. The number of fused-ring (bicyclic) bond motifs is 1. The van der Waals surface area contributed by atoms with Crippen LogP contribution in [-0.4, -0.2) is 27.6 Å². The van der Waals surface area contributed by atoms with Crippen molar-refractivity contribution >= 4 is 16.8 Å². The highest BCUT2D eigenvalue weighted by atomic mass is 16.3. The quantitative estimate of drug-likeness (QED) is 0.645. The summed E-state index contributed by atoms with van der Waals surface area (Å²) in [5.74, 6) is 0.125. The highest BCUT2D eigenvalue weighted by Crippen LogP contribution is 2.29. The molecule has 0 saturated carbocycles. The number of nitrogens with one attached hydrogen (secondary N) is 2. The van der Waals surface area contributed by atoms with Gasteiger partial charge in [-0.1, -0.05) is 0 Å². The van der Waals surface area contributed by atoms with Crippen LogP contribution < -0.4 is 5.32 Å². The van der Waals surface area contributed by atoms with E-state index in [0.29, 0.717) is 18.5 Å². The Kier molecular flexibility index (Phi) is 2.91. The van der Waals surface area contributed by atoms with Crippen molar-refractivity contribution in [3.05, 3.63) is 23.8 Å². The second kappa shape index (κ2) is 4.37. The fraction of sp³-hybridized carbons (Fsp3) is 0.250. The van der Waals surface area contributed by atoms with Crippen molar-refractivity contribution in [1.29, 1.82) is 0 Å². The zero-order valence-electron chi connectivity index (χ0n) is 9.45. The van der Waals surface area contributed by atoms with E-state index >= 15 is 0 Å². The van der Waals surface area contributed by atoms with E-state index < -0.39 is 0 Å². The van der Waals surface area contributed by atoms with Crippen LogP contribution in [0.4, 0.5) is 0 Å². The molecule has 0 radical (unpaired) electrons. The summed E-state index contributed by atoms with van der Waals surface area (Å²) < 4.78 is 0. The molecular formula is C12H14N2O3. The number of phenols is 1. The number of aromatic amines is 1. The molecule has 0 saturated heterocycles. The lowest BCUT2D eigenvalue weighted by atomic mass is 10.1. The molecule has 0 bridgehead atoms. The molecule has 0 aliphatic heterocycles. The van der Waals surface area contributed by atoms with Crippen molar-refractivity contribution in [1.82, 2.24) is 10.3 Å². The molecular weight excluding hydrogens is 220 g/mol. The second-order valence-electron chi connectivity index (χ2n) is 3.92. The number of aromatic hydroxyl groups is 2. The summed E-state index contributed by atoms with van der Waals surface area (Å²) in [4.78, 5) is 13.6. The van der Waals surface area contributed by atoms with Crippen molar-refractivity contribution in [3.63, 3.8) is 0 Å². The third kappa shape index (κ3) is 2.33. The molecule has 2 rings (SSSR count). The van der Waals surface area contributed by atoms with Crippen LogP contribution in [0.1, 0.15) is 12.5 Å². The molecule has 0 aliphatic carbocycles. The van der Waals surface area contributed by atoms with E-state index in [0.717, 1.165) is 10.9 Å². The monoisotopic (exact) mass is 234 g/mol. The molecule has 0 spiro atoms. The van der Waals surface area contributed by atoms with E-state index in [4.69, 9.17) is 0 Å². The molecule has 1 aromatic carbocycles. The Balaban J connectivity index is 2.28. The van der Waals surface area contributed by atoms with Gasteiger partial charge in [0.2, 0.25) is 5.91 Å². The molecule has 0 atom stereocenters. The smallest absolute Gasteiger partial charge is 0.216 e. The van der Waals surface area contributed by atoms with E-state index in [9.17, 15) is 15.0 Å². The number of carbonyl (C=O) groups is 1. The summed E-state index contributed by atoms with van der Waals surface area (Å²) in [6.07, 6.45) is 0.509. The molecule has 1 aromatic heterocycles. The number of amides is 1. The van der Waals surface area contributed by atoms with Gasteiger partial charge in [0.15, 0.2) is 5.88 Å².